The standard InChI is InChI=1S/C14H19N3O2S2/c1-10(2)16-9-13-14(4-5-20-13)21(18,19)17-12-6-11(3)7-15-8-12/h4-8,10,16-17H,9H2,1-3H3. The van der Waals surface area contributed by atoms with E-state index in [2.05, 4.69) is 15.0 Å². The number of nitrogens with one attached hydrogen (secondary N) is 2. The molecule has 0 aliphatic carbocycles. The van der Waals surface area contributed by atoms with Gasteiger partial charge in [-0.3, -0.25) is 9.71 Å². The lowest BCUT2D eigenvalue weighted by atomic mass is 10.3. The number of hydrogen-bond acceptors (Lipinski definition) is 5. The normalized spacial score (nSPS) is 11.8. The number of aryl methyl sites for hydroxylation is 1. The van der Waals surface area contributed by atoms with E-state index in [0.29, 0.717) is 23.2 Å². The first-order valence-electron chi connectivity index (χ1n) is 6.62. The molecule has 0 aliphatic heterocycles. The van der Waals surface area contributed by atoms with Crippen molar-refractivity contribution in [3.63, 3.8) is 0 Å². The van der Waals surface area contributed by atoms with E-state index in [9.17, 15) is 8.42 Å². The van der Waals surface area contributed by atoms with E-state index in [4.69, 9.17) is 0 Å². The number of anilines is 1. The SMILES string of the molecule is Cc1cncc(NS(=O)(=O)c2ccsc2CNC(C)C)c1. The van der Waals surface area contributed by atoms with Crippen LogP contribution in [0.25, 0.3) is 0 Å². The number of rotatable bonds is 6. The Morgan fingerprint density at radius 1 is 1.33 bits per heavy atom. The molecule has 21 heavy (non-hydrogen) atoms. The van der Waals surface area contributed by atoms with Crippen LogP contribution in [-0.2, 0) is 16.6 Å². The smallest absolute Gasteiger partial charge is 0.263 e. The van der Waals surface area contributed by atoms with Crippen molar-refractivity contribution in [2.75, 3.05) is 4.72 Å². The average molecular weight is 325 g/mol. The van der Waals surface area contributed by atoms with Crippen molar-refractivity contribution in [2.45, 2.75) is 38.3 Å². The number of nitrogens with zero attached hydrogens (tertiary/aromatic N) is 1. The molecule has 5 nitrogen and oxygen atoms in total. The molecule has 0 spiro atoms. The summed E-state index contributed by atoms with van der Waals surface area (Å²) in [6.45, 7) is 6.46. The van der Waals surface area contributed by atoms with Crippen molar-refractivity contribution >= 4 is 27.0 Å². The highest BCUT2D eigenvalue weighted by Gasteiger charge is 2.20. The number of hydrogen-bond donors (Lipinski definition) is 2. The minimum Gasteiger partial charge on any atom is -0.310 e. The zero-order valence-electron chi connectivity index (χ0n) is 12.3. The van der Waals surface area contributed by atoms with Crippen LogP contribution in [0.3, 0.4) is 0 Å². The molecule has 2 heterocycles. The van der Waals surface area contributed by atoms with Gasteiger partial charge in [0.15, 0.2) is 0 Å². The lowest BCUT2D eigenvalue weighted by Gasteiger charge is -2.11. The first kappa shape index (κ1) is 15.9. The number of sulfonamides is 1. The fraction of sp³-hybridized carbons (Fsp3) is 0.357. The molecule has 0 aromatic carbocycles. The van der Waals surface area contributed by atoms with Gasteiger partial charge >= 0.3 is 0 Å². The Morgan fingerprint density at radius 3 is 2.76 bits per heavy atom. The van der Waals surface area contributed by atoms with Crippen molar-refractivity contribution in [1.82, 2.24) is 10.3 Å². The molecule has 0 saturated carbocycles. The van der Waals surface area contributed by atoms with Crippen LogP contribution < -0.4 is 10.0 Å². The van der Waals surface area contributed by atoms with Crippen LogP contribution in [0.2, 0.25) is 0 Å². The Kier molecular flexibility index (Phi) is 4.97. The Labute approximate surface area is 129 Å². The van der Waals surface area contributed by atoms with Crippen molar-refractivity contribution in [3.8, 4) is 0 Å². The highest BCUT2D eigenvalue weighted by molar-refractivity contribution is 7.93. The highest BCUT2D eigenvalue weighted by atomic mass is 32.2. The summed E-state index contributed by atoms with van der Waals surface area (Å²) in [7, 11) is -3.58. The summed E-state index contributed by atoms with van der Waals surface area (Å²) >= 11 is 1.43. The van der Waals surface area contributed by atoms with Gasteiger partial charge in [0, 0.05) is 23.7 Å². The molecule has 0 fully saturated rings. The third-order valence-corrected chi connectivity index (χ3v) is 5.31. The van der Waals surface area contributed by atoms with Crippen LogP contribution in [0.15, 0.2) is 34.8 Å². The van der Waals surface area contributed by atoms with Gasteiger partial charge in [-0.25, -0.2) is 8.42 Å². The van der Waals surface area contributed by atoms with E-state index in [0.717, 1.165) is 10.4 Å². The molecule has 0 amide bonds. The van der Waals surface area contributed by atoms with Crippen molar-refractivity contribution < 1.29 is 8.42 Å². The molecule has 0 unspecified atom stereocenters. The van der Waals surface area contributed by atoms with Crippen molar-refractivity contribution in [1.29, 1.82) is 0 Å². The molecule has 2 rings (SSSR count). The summed E-state index contributed by atoms with van der Waals surface area (Å²) in [5, 5.41) is 5.03. The van der Waals surface area contributed by atoms with Crippen LogP contribution in [0.1, 0.15) is 24.3 Å². The first-order chi connectivity index (χ1) is 9.88. The highest BCUT2D eigenvalue weighted by Crippen LogP contribution is 2.24. The third kappa shape index (κ3) is 4.26. The molecular formula is C14H19N3O2S2. The fourth-order valence-electron chi connectivity index (χ4n) is 1.81. The second-order valence-electron chi connectivity index (χ2n) is 5.10. The van der Waals surface area contributed by atoms with Gasteiger partial charge in [-0.15, -0.1) is 11.3 Å². The molecule has 0 bridgehead atoms. The van der Waals surface area contributed by atoms with Gasteiger partial charge in [-0.1, -0.05) is 13.8 Å². The van der Waals surface area contributed by atoms with Crippen LogP contribution in [0.5, 0.6) is 0 Å². The lowest BCUT2D eigenvalue weighted by molar-refractivity contribution is 0.581. The molecule has 2 N–H and O–H groups in total. The minimum absolute atomic E-state index is 0.302. The van der Waals surface area contributed by atoms with Crippen molar-refractivity contribution in [3.05, 3.63) is 40.3 Å². The molecule has 2 aromatic rings. The predicted octanol–water partition coefficient (Wildman–Crippen LogP) is 2.75. The van der Waals surface area contributed by atoms with Gasteiger partial charge < -0.3 is 5.32 Å². The molecular weight excluding hydrogens is 306 g/mol. The van der Waals surface area contributed by atoms with E-state index in [-0.39, 0.29) is 0 Å². The van der Waals surface area contributed by atoms with E-state index in [1.807, 2.05) is 20.8 Å². The molecule has 7 heteroatoms. The van der Waals surface area contributed by atoms with Gasteiger partial charge in [-0.05, 0) is 30.0 Å². The molecule has 2 aromatic heterocycles. The van der Waals surface area contributed by atoms with Gasteiger partial charge in [0.1, 0.15) is 4.90 Å². The predicted molar refractivity (Wildman–Crippen MR) is 86.1 cm³/mol. The number of pyridine rings is 1. The average Bonchev–Trinajstić information content (AvgIpc) is 2.85. The van der Waals surface area contributed by atoms with Crippen LogP contribution in [-0.4, -0.2) is 19.4 Å². The molecule has 0 saturated heterocycles. The topological polar surface area (TPSA) is 71.1 Å². The Balaban J connectivity index is 2.22. The van der Waals surface area contributed by atoms with E-state index in [1.165, 1.54) is 17.5 Å². The largest absolute Gasteiger partial charge is 0.310 e. The molecule has 114 valence electrons. The van der Waals surface area contributed by atoms with Gasteiger partial charge in [0.25, 0.3) is 10.0 Å². The van der Waals surface area contributed by atoms with Crippen LogP contribution >= 0.6 is 11.3 Å². The second kappa shape index (κ2) is 6.55. The van der Waals surface area contributed by atoms with Gasteiger partial charge in [0.2, 0.25) is 0 Å². The maximum absolute atomic E-state index is 12.5. The molecule has 0 aliphatic rings. The van der Waals surface area contributed by atoms with Crippen LogP contribution in [0, 0.1) is 6.92 Å². The maximum atomic E-state index is 12.5. The summed E-state index contributed by atoms with van der Waals surface area (Å²) in [6, 6.07) is 3.69. The summed E-state index contributed by atoms with van der Waals surface area (Å²) in [6.07, 6.45) is 3.18. The Hall–Kier alpha value is -1.44. The second-order valence-corrected chi connectivity index (χ2v) is 7.75. The van der Waals surface area contributed by atoms with Gasteiger partial charge in [0.05, 0.1) is 11.9 Å². The fourth-order valence-corrected chi connectivity index (χ4v) is 4.24. The quantitative estimate of drug-likeness (QED) is 0.857. The zero-order chi connectivity index (χ0) is 15.5. The summed E-state index contributed by atoms with van der Waals surface area (Å²) in [4.78, 5) is 5.12. The third-order valence-electron chi connectivity index (χ3n) is 2.79. The minimum atomic E-state index is -3.58. The maximum Gasteiger partial charge on any atom is 0.263 e. The van der Waals surface area contributed by atoms with E-state index >= 15 is 0 Å². The monoisotopic (exact) mass is 325 g/mol. The lowest BCUT2D eigenvalue weighted by Crippen LogP contribution is -2.23. The van der Waals surface area contributed by atoms with Gasteiger partial charge in [-0.2, -0.15) is 0 Å². The van der Waals surface area contributed by atoms with E-state index in [1.54, 1.807) is 23.7 Å². The molecule has 0 radical (unpaired) electrons. The Bertz CT molecular complexity index is 709. The number of thiophene rings is 1. The Morgan fingerprint density at radius 2 is 2.10 bits per heavy atom. The zero-order valence-corrected chi connectivity index (χ0v) is 13.9. The summed E-state index contributed by atoms with van der Waals surface area (Å²) in [5.41, 5.74) is 1.38. The van der Waals surface area contributed by atoms with Crippen molar-refractivity contribution in [2.24, 2.45) is 0 Å². The first-order valence-corrected chi connectivity index (χ1v) is 8.99. The number of aromatic nitrogens is 1. The van der Waals surface area contributed by atoms with E-state index < -0.39 is 10.0 Å². The molecule has 0 atom stereocenters. The summed E-state index contributed by atoms with van der Waals surface area (Å²) < 4.78 is 27.5. The van der Waals surface area contributed by atoms with Crippen LogP contribution in [0.4, 0.5) is 5.69 Å². The summed E-state index contributed by atoms with van der Waals surface area (Å²) in [5.74, 6) is 0.